The van der Waals surface area contributed by atoms with Gasteiger partial charge in [-0.1, -0.05) is 30.3 Å². The zero-order valence-electron chi connectivity index (χ0n) is 12.4. The van der Waals surface area contributed by atoms with Crippen molar-refractivity contribution in [2.45, 2.75) is 19.3 Å². The number of nitrogens with zero attached hydrogens (tertiary/aromatic N) is 1. The van der Waals surface area contributed by atoms with Crippen molar-refractivity contribution in [2.24, 2.45) is 0 Å². The second-order valence-electron chi connectivity index (χ2n) is 5.95. The fourth-order valence-electron chi connectivity index (χ4n) is 3.46. The first-order chi connectivity index (χ1) is 10.7. The number of rotatable bonds is 2. The Morgan fingerprint density at radius 2 is 2.00 bits per heavy atom. The van der Waals surface area contributed by atoms with Crippen LogP contribution in [0.2, 0.25) is 0 Å². The monoisotopic (exact) mass is 290 g/mol. The lowest BCUT2D eigenvalue weighted by Gasteiger charge is -2.18. The Labute approximate surface area is 130 Å². The van der Waals surface area contributed by atoms with Gasteiger partial charge in [-0.2, -0.15) is 0 Å². The molecule has 0 radical (unpaired) electrons. The van der Waals surface area contributed by atoms with E-state index in [-0.39, 0.29) is 5.91 Å². The lowest BCUT2D eigenvalue weighted by atomic mass is 10.0. The number of hydrogen-bond donors (Lipinski definition) is 1. The summed E-state index contributed by atoms with van der Waals surface area (Å²) in [5, 5.41) is 0. The molecule has 0 saturated carbocycles. The smallest absolute Gasteiger partial charge is 0.231 e. The number of carbonyl (C=O) groups is 1. The highest BCUT2D eigenvalue weighted by atomic mass is 16.2. The standard InChI is InChI=1S/C19H18N2O/c20-16-7-8-18-15(11-16)9-10-21(18)19(22)12-14-6-5-13-3-1-2-4-17(13)14/h1-4,6-8,11H,5,9-10,12,20H2. The number of nitrogens with two attached hydrogens (primary N) is 1. The number of carbonyl (C=O) groups excluding carboxylic acids is 1. The fraction of sp³-hybridized carbons (Fsp3) is 0.211. The van der Waals surface area contributed by atoms with E-state index in [1.165, 1.54) is 16.7 Å². The second kappa shape index (κ2) is 5.02. The molecule has 0 saturated heterocycles. The van der Waals surface area contributed by atoms with E-state index in [9.17, 15) is 4.79 Å². The third kappa shape index (κ3) is 2.10. The molecule has 0 atom stereocenters. The van der Waals surface area contributed by atoms with E-state index in [2.05, 4.69) is 24.3 Å². The van der Waals surface area contributed by atoms with Crippen LogP contribution in [0.4, 0.5) is 11.4 Å². The minimum atomic E-state index is 0.173. The highest BCUT2D eigenvalue weighted by Gasteiger charge is 2.26. The van der Waals surface area contributed by atoms with Gasteiger partial charge in [0.1, 0.15) is 0 Å². The summed E-state index contributed by atoms with van der Waals surface area (Å²) in [5.41, 5.74) is 12.5. The first-order valence-corrected chi connectivity index (χ1v) is 7.68. The molecule has 1 aliphatic carbocycles. The molecular weight excluding hydrogens is 272 g/mol. The summed E-state index contributed by atoms with van der Waals surface area (Å²) in [7, 11) is 0. The Hall–Kier alpha value is -2.55. The van der Waals surface area contributed by atoms with E-state index < -0.39 is 0 Å². The Bertz CT molecular complexity index is 792. The molecule has 2 aliphatic rings. The van der Waals surface area contributed by atoms with Crippen LogP contribution in [-0.4, -0.2) is 12.5 Å². The van der Waals surface area contributed by atoms with Gasteiger partial charge in [0.2, 0.25) is 5.91 Å². The highest BCUT2D eigenvalue weighted by Crippen LogP contribution is 2.34. The summed E-state index contributed by atoms with van der Waals surface area (Å²) in [5.74, 6) is 0.173. The van der Waals surface area contributed by atoms with E-state index in [1.807, 2.05) is 29.2 Å². The molecule has 1 heterocycles. The number of hydrogen-bond acceptors (Lipinski definition) is 2. The molecule has 2 aromatic rings. The van der Waals surface area contributed by atoms with Gasteiger partial charge in [-0.05, 0) is 53.3 Å². The van der Waals surface area contributed by atoms with Gasteiger partial charge in [0.25, 0.3) is 0 Å². The predicted molar refractivity (Wildman–Crippen MR) is 89.7 cm³/mol. The topological polar surface area (TPSA) is 46.3 Å². The fourth-order valence-corrected chi connectivity index (χ4v) is 3.46. The summed E-state index contributed by atoms with van der Waals surface area (Å²) >= 11 is 0. The van der Waals surface area contributed by atoms with Gasteiger partial charge in [0, 0.05) is 17.9 Å². The molecular formula is C19H18N2O. The average molecular weight is 290 g/mol. The van der Waals surface area contributed by atoms with Crippen LogP contribution in [0, 0.1) is 0 Å². The van der Waals surface area contributed by atoms with Gasteiger partial charge in [0.15, 0.2) is 0 Å². The SMILES string of the molecule is Nc1ccc2c(c1)CCN2C(=O)CC1=CCc2ccccc21. The maximum atomic E-state index is 12.7. The summed E-state index contributed by atoms with van der Waals surface area (Å²) in [4.78, 5) is 14.6. The summed E-state index contributed by atoms with van der Waals surface area (Å²) in [6.45, 7) is 0.756. The minimum absolute atomic E-state index is 0.173. The highest BCUT2D eigenvalue weighted by molar-refractivity contribution is 6.02. The van der Waals surface area contributed by atoms with Crippen LogP contribution in [0.1, 0.15) is 23.1 Å². The Kier molecular flexibility index (Phi) is 3.00. The van der Waals surface area contributed by atoms with Crippen LogP contribution in [0.25, 0.3) is 5.57 Å². The van der Waals surface area contributed by atoms with Crippen LogP contribution >= 0.6 is 0 Å². The van der Waals surface area contributed by atoms with Crippen molar-refractivity contribution < 1.29 is 4.79 Å². The number of allylic oxidation sites excluding steroid dienone is 1. The minimum Gasteiger partial charge on any atom is -0.399 e. The lowest BCUT2D eigenvalue weighted by Crippen LogP contribution is -2.28. The number of amides is 1. The molecule has 110 valence electrons. The van der Waals surface area contributed by atoms with Crippen molar-refractivity contribution in [3.63, 3.8) is 0 Å². The van der Waals surface area contributed by atoms with Crippen LogP contribution < -0.4 is 10.6 Å². The number of fused-ring (bicyclic) bond motifs is 2. The lowest BCUT2D eigenvalue weighted by molar-refractivity contribution is -0.117. The maximum Gasteiger partial charge on any atom is 0.231 e. The van der Waals surface area contributed by atoms with Crippen molar-refractivity contribution in [3.8, 4) is 0 Å². The van der Waals surface area contributed by atoms with Gasteiger partial charge in [-0.15, -0.1) is 0 Å². The molecule has 3 nitrogen and oxygen atoms in total. The third-order valence-corrected chi connectivity index (χ3v) is 4.57. The summed E-state index contributed by atoms with van der Waals surface area (Å²) < 4.78 is 0. The van der Waals surface area contributed by atoms with E-state index in [0.717, 1.165) is 36.3 Å². The molecule has 2 aromatic carbocycles. The zero-order chi connectivity index (χ0) is 15.1. The van der Waals surface area contributed by atoms with E-state index >= 15 is 0 Å². The quantitative estimate of drug-likeness (QED) is 0.863. The van der Waals surface area contributed by atoms with Crippen LogP contribution in [0.3, 0.4) is 0 Å². The van der Waals surface area contributed by atoms with Gasteiger partial charge < -0.3 is 10.6 Å². The van der Waals surface area contributed by atoms with Crippen LogP contribution in [0.15, 0.2) is 48.5 Å². The molecule has 3 heteroatoms. The van der Waals surface area contributed by atoms with Crippen molar-refractivity contribution >= 4 is 22.9 Å². The maximum absolute atomic E-state index is 12.7. The van der Waals surface area contributed by atoms with Crippen LogP contribution in [-0.2, 0) is 17.6 Å². The Morgan fingerprint density at radius 3 is 2.91 bits per heavy atom. The molecule has 1 amide bonds. The molecule has 0 fully saturated rings. The normalized spacial score (nSPS) is 15.5. The van der Waals surface area contributed by atoms with Gasteiger partial charge in [-0.25, -0.2) is 0 Å². The van der Waals surface area contributed by atoms with Crippen molar-refractivity contribution in [2.75, 3.05) is 17.2 Å². The summed E-state index contributed by atoms with van der Waals surface area (Å²) in [6, 6.07) is 14.2. The first kappa shape index (κ1) is 13.1. The molecule has 0 aromatic heterocycles. The molecule has 1 aliphatic heterocycles. The van der Waals surface area contributed by atoms with E-state index in [0.29, 0.717) is 6.42 Å². The predicted octanol–water partition coefficient (Wildman–Crippen LogP) is 3.19. The van der Waals surface area contributed by atoms with Gasteiger partial charge >= 0.3 is 0 Å². The zero-order valence-corrected chi connectivity index (χ0v) is 12.4. The summed E-state index contributed by atoms with van der Waals surface area (Å²) in [6.07, 6.45) is 4.48. The second-order valence-corrected chi connectivity index (χ2v) is 5.95. The molecule has 0 spiro atoms. The van der Waals surface area contributed by atoms with Crippen LogP contribution in [0.5, 0.6) is 0 Å². The Balaban J connectivity index is 1.56. The third-order valence-electron chi connectivity index (χ3n) is 4.57. The molecule has 0 unspecified atom stereocenters. The molecule has 4 rings (SSSR count). The molecule has 0 bridgehead atoms. The average Bonchev–Trinajstić information content (AvgIpc) is 3.11. The number of nitrogen functional groups attached to an aromatic ring is 1. The van der Waals surface area contributed by atoms with Gasteiger partial charge in [0.05, 0.1) is 6.42 Å². The number of anilines is 2. The van der Waals surface area contributed by atoms with E-state index in [4.69, 9.17) is 5.73 Å². The first-order valence-electron chi connectivity index (χ1n) is 7.68. The molecule has 22 heavy (non-hydrogen) atoms. The van der Waals surface area contributed by atoms with Crippen molar-refractivity contribution in [3.05, 3.63) is 65.2 Å². The number of benzene rings is 2. The molecule has 2 N–H and O–H groups in total. The van der Waals surface area contributed by atoms with Crippen molar-refractivity contribution in [1.29, 1.82) is 0 Å². The largest absolute Gasteiger partial charge is 0.399 e. The van der Waals surface area contributed by atoms with Crippen molar-refractivity contribution in [1.82, 2.24) is 0 Å². The Morgan fingerprint density at radius 1 is 1.14 bits per heavy atom. The van der Waals surface area contributed by atoms with Gasteiger partial charge in [-0.3, -0.25) is 4.79 Å². The van der Waals surface area contributed by atoms with E-state index in [1.54, 1.807) is 0 Å².